The van der Waals surface area contributed by atoms with Crippen molar-refractivity contribution in [3.8, 4) is 0 Å². The fraction of sp³-hybridized carbons (Fsp3) is 0.462. The number of nitrogens with zero attached hydrogens (tertiary/aromatic N) is 1. The van der Waals surface area contributed by atoms with Crippen molar-refractivity contribution in [2.24, 2.45) is 0 Å². The monoisotopic (exact) mass is 237 g/mol. The normalized spacial score (nSPS) is 21.0. The Morgan fingerprint density at radius 2 is 1.94 bits per heavy atom. The molecule has 1 saturated heterocycles. The lowest BCUT2D eigenvalue weighted by atomic mass is 9.92. The molecule has 0 spiro atoms. The van der Waals surface area contributed by atoms with E-state index in [1.807, 2.05) is 0 Å². The van der Waals surface area contributed by atoms with Crippen molar-refractivity contribution in [2.75, 3.05) is 13.1 Å². The van der Waals surface area contributed by atoms with Gasteiger partial charge < -0.3 is 10.0 Å². The first kappa shape index (κ1) is 11.9. The molecule has 1 aromatic rings. The third-order valence-corrected chi connectivity index (χ3v) is 3.34. The highest BCUT2D eigenvalue weighted by atomic mass is 19.1. The van der Waals surface area contributed by atoms with Crippen LogP contribution in [0.3, 0.4) is 0 Å². The van der Waals surface area contributed by atoms with E-state index in [4.69, 9.17) is 5.11 Å². The standard InChI is InChI=1S/C13H16FNO2/c14-12-5-3-11(4-6-12)10-2-1-8-15(9-7-10)13(16)17/h3-6,10H,1-2,7-9H2,(H,16,17). The van der Waals surface area contributed by atoms with Gasteiger partial charge in [-0.05, 0) is 42.9 Å². The molecule has 0 aromatic heterocycles. The fourth-order valence-corrected chi connectivity index (χ4v) is 2.36. The van der Waals surface area contributed by atoms with E-state index in [0.717, 1.165) is 24.8 Å². The molecule has 0 saturated carbocycles. The highest BCUT2D eigenvalue weighted by Gasteiger charge is 2.20. The third kappa shape index (κ3) is 2.96. The second kappa shape index (κ2) is 5.17. The van der Waals surface area contributed by atoms with Crippen molar-refractivity contribution in [3.05, 3.63) is 35.6 Å². The summed E-state index contributed by atoms with van der Waals surface area (Å²) in [4.78, 5) is 12.3. The third-order valence-electron chi connectivity index (χ3n) is 3.34. The van der Waals surface area contributed by atoms with Gasteiger partial charge in [0.1, 0.15) is 5.82 Å². The van der Waals surface area contributed by atoms with Crippen LogP contribution in [0, 0.1) is 5.82 Å². The van der Waals surface area contributed by atoms with Gasteiger partial charge >= 0.3 is 6.09 Å². The molecule has 0 aliphatic carbocycles. The minimum Gasteiger partial charge on any atom is -0.465 e. The zero-order valence-electron chi connectivity index (χ0n) is 9.60. The summed E-state index contributed by atoms with van der Waals surface area (Å²) in [5, 5.41) is 8.93. The van der Waals surface area contributed by atoms with Gasteiger partial charge in [-0.1, -0.05) is 12.1 Å². The molecular formula is C13H16FNO2. The average Bonchev–Trinajstić information content (AvgIpc) is 2.55. The molecule has 1 unspecified atom stereocenters. The number of carbonyl (C=O) groups is 1. The number of carboxylic acid groups (broad SMARTS) is 1. The van der Waals surface area contributed by atoms with Gasteiger partial charge in [0.2, 0.25) is 0 Å². The molecule has 1 aromatic carbocycles. The molecule has 1 amide bonds. The molecule has 17 heavy (non-hydrogen) atoms. The molecule has 1 N–H and O–H groups in total. The van der Waals surface area contributed by atoms with Gasteiger partial charge in [-0.15, -0.1) is 0 Å². The van der Waals surface area contributed by atoms with Gasteiger partial charge in [0, 0.05) is 13.1 Å². The molecule has 4 heteroatoms. The smallest absolute Gasteiger partial charge is 0.407 e. The van der Waals surface area contributed by atoms with Crippen LogP contribution in [-0.4, -0.2) is 29.2 Å². The summed E-state index contributed by atoms with van der Waals surface area (Å²) in [6, 6.07) is 6.54. The van der Waals surface area contributed by atoms with Gasteiger partial charge in [-0.3, -0.25) is 0 Å². The topological polar surface area (TPSA) is 40.5 Å². The second-order valence-electron chi connectivity index (χ2n) is 4.45. The quantitative estimate of drug-likeness (QED) is 0.815. The highest BCUT2D eigenvalue weighted by Crippen LogP contribution is 2.28. The fourth-order valence-electron chi connectivity index (χ4n) is 2.36. The molecule has 2 rings (SSSR count). The van der Waals surface area contributed by atoms with E-state index in [0.29, 0.717) is 19.0 Å². The van der Waals surface area contributed by atoms with Gasteiger partial charge in [0.15, 0.2) is 0 Å². The van der Waals surface area contributed by atoms with Crippen LogP contribution in [0.25, 0.3) is 0 Å². The molecule has 0 bridgehead atoms. The average molecular weight is 237 g/mol. The number of benzene rings is 1. The number of halogens is 1. The van der Waals surface area contributed by atoms with Crippen LogP contribution in [0.15, 0.2) is 24.3 Å². The summed E-state index contributed by atoms with van der Waals surface area (Å²) in [6.45, 7) is 1.17. The van der Waals surface area contributed by atoms with Crippen LogP contribution in [0.1, 0.15) is 30.7 Å². The Kier molecular flexibility index (Phi) is 3.61. The predicted octanol–water partition coefficient (Wildman–Crippen LogP) is 3.07. The van der Waals surface area contributed by atoms with E-state index in [9.17, 15) is 9.18 Å². The first-order valence-corrected chi connectivity index (χ1v) is 5.90. The molecule has 3 nitrogen and oxygen atoms in total. The highest BCUT2D eigenvalue weighted by molar-refractivity contribution is 5.64. The van der Waals surface area contributed by atoms with Crippen LogP contribution >= 0.6 is 0 Å². The van der Waals surface area contributed by atoms with Crippen LogP contribution < -0.4 is 0 Å². The lowest BCUT2D eigenvalue weighted by Gasteiger charge is -2.16. The summed E-state index contributed by atoms with van der Waals surface area (Å²) in [7, 11) is 0. The van der Waals surface area contributed by atoms with Crippen molar-refractivity contribution >= 4 is 6.09 Å². The number of likely N-dealkylation sites (tertiary alicyclic amines) is 1. The number of hydrogen-bond donors (Lipinski definition) is 1. The summed E-state index contributed by atoms with van der Waals surface area (Å²) >= 11 is 0. The SMILES string of the molecule is O=C(O)N1CCCC(c2ccc(F)cc2)CC1. The Morgan fingerprint density at radius 3 is 2.59 bits per heavy atom. The van der Waals surface area contributed by atoms with Gasteiger partial charge in [-0.25, -0.2) is 9.18 Å². The molecule has 1 aliphatic heterocycles. The summed E-state index contributed by atoms with van der Waals surface area (Å²) in [5.41, 5.74) is 1.11. The summed E-state index contributed by atoms with van der Waals surface area (Å²) < 4.78 is 12.8. The first-order valence-electron chi connectivity index (χ1n) is 5.90. The Morgan fingerprint density at radius 1 is 1.24 bits per heavy atom. The van der Waals surface area contributed by atoms with Crippen LogP contribution in [0.2, 0.25) is 0 Å². The summed E-state index contributed by atoms with van der Waals surface area (Å²) in [6.07, 6.45) is 1.81. The molecule has 1 heterocycles. The first-order chi connectivity index (χ1) is 8.16. The number of rotatable bonds is 1. The van der Waals surface area contributed by atoms with Gasteiger partial charge in [0.25, 0.3) is 0 Å². The minimum absolute atomic E-state index is 0.227. The van der Waals surface area contributed by atoms with Crippen molar-refractivity contribution in [2.45, 2.75) is 25.2 Å². The van der Waals surface area contributed by atoms with E-state index in [1.54, 1.807) is 12.1 Å². The molecule has 1 fully saturated rings. The lowest BCUT2D eigenvalue weighted by molar-refractivity contribution is 0.147. The van der Waals surface area contributed by atoms with E-state index in [1.165, 1.54) is 17.0 Å². The maximum Gasteiger partial charge on any atom is 0.407 e. The van der Waals surface area contributed by atoms with E-state index in [2.05, 4.69) is 0 Å². The largest absolute Gasteiger partial charge is 0.465 e. The van der Waals surface area contributed by atoms with Gasteiger partial charge in [-0.2, -0.15) is 0 Å². The zero-order valence-corrected chi connectivity index (χ0v) is 9.60. The van der Waals surface area contributed by atoms with Crippen LogP contribution in [0.5, 0.6) is 0 Å². The van der Waals surface area contributed by atoms with Crippen LogP contribution in [0.4, 0.5) is 9.18 Å². The molecular weight excluding hydrogens is 221 g/mol. The molecule has 1 atom stereocenters. The van der Waals surface area contributed by atoms with E-state index in [-0.39, 0.29) is 5.82 Å². The lowest BCUT2D eigenvalue weighted by Crippen LogP contribution is -2.30. The molecule has 1 aliphatic rings. The number of amides is 1. The van der Waals surface area contributed by atoms with Crippen molar-refractivity contribution in [3.63, 3.8) is 0 Å². The van der Waals surface area contributed by atoms with Crippen molar-refractivity contribution in [1.82, 2.24) is 4.90 Å². The van der Waals surface area contributed by atoms with E-state index < -0.39 is 6.09 Å². The minimum atomic E-state index is -0.843. The second-order valence-corrected chi connectivity index (χ2v) is 4.45. The van der Waals surface area contributed by atoms with Crippen molar-refractivity contribution < 1.29 is 14.3 Å². The summed E-state index contributed by atoms with van der Waals surface area (Å²) in [5.74, 6) is 0.120. The maximum atomic E-state index is 12.8. The Hall–Kier alpha value is -1.58. The Bertz CT molecular complexity index is 391. The van der Waals surface area contributed by atoms with E-state index >= 15 is 0 Å². The number of hydrogen-bond acceptors (Lipinski definition) is 1. The predicted molar refractivity (Wildman–Crippen MR) is 62.6 cm³/mol. The molecule has 0 radical (unpaired) electrons. The van der Waals surface area contributed by atoms with Gasteiger partial charge in [0.05, 0.1) is 0 Å². The Balaban J connectivity index is 2.03. The zero-order chi connectivity index (χ0) is 12.3. The van der Waals surface area contributed by atoms with Crippen molar-refractivity contribution in [1.29, 1.82) is 0 Å². The maximum absolute atomic E-state index is 12.8. The molecule has 92 valence electrons. The Labute approximate surface area is 99.9 Å². The van der Waals surface area contributed by atoms with Crippen LogP contribution in [-0.2, 0) is 0 Å².